The monoisotopic (exact) mass is 422 g/mol. The van der Waals surface area contributed by atoms with Gasteiger partial charge in [-0.3, -0.25) is 4.90 Å². The van der Waals surface area contributed by atoms with Crippen LogP contribution in [-0.4, -0.2) is 61.5 Å². The number of benzene rings is 1. The zero-order chi connectivity index (χ0) is 21.0. The number of hydrogen-bond donors (Lipinski definition) is 1. The van der Waals surface area contributed by atoms with Gasteiger partial charge in [-0.2, -0.15) is 0 Å². The molecule has 1 aliphatic heterocycles. The van der Waals surface area contributed by atoms with Gasteiger partial charge in [0, 0.05) is 43.4 Å². The van der Waals surface area contributed by atoms with Crippen molar-refractivity contribution in [2.24, 2.45) is 17.8 Å². The molecule has 0 unspecified atom stereocenters. The number of β-amino-alcohol motifs (C(OH)–C–C–N with tert-alkyl or cyclic N) is 1. The third-order valence-corrected chi connectivity index (χ3v) is 7.05. The number of anilines is 1. The number of rotatable bonds is 7. The Morgan fingerprint density at radius 2 is 1.90 bits per heavy atom. The van der Waals surface area contributed by atoms with Crippen LogP contribution in [0.3, 0.4) is 0 Å². The van der Waals surface area contributed by atoms with E-state index in [-0.39, 0.29) is 0 Å². The third-order valence-electron chi connectivity index (χ3n) is 6.82. The number of hydrogen-bond acceptors (Lipinski definition) is 4. The van der Waals surface area contributed by atoms with Crippen molar-refractivity contribution in [3.05, 3.63) is 28.8 Å². The summed E-state index contributed by atoms with van der Waals surface area (Å²) in [6.07, 6.45) is 3.58. The second-order valence-electron chi connectivity index (χ2n) is 9.57. The molecular formula is C24H39ClN2O2. The van der Waals surface area contributed by atoms with Crippen molar-refractivity contribution >= 4 is 17.3 Å². The van der Waals surface area contributed by atoms with Crippen LogP contribution in [0.2, 0.25) is 5.02 Å². The predicted molar refractivity (Wildman–Crippen MR) is 122 cm³/mol. The quantitative estimate of drug-likeness (QED) is 0.696. The van der Waals surface area contributed by atoms with Crippen LogP contribution in [0.4, 0.5) is 5.69 Å². The molecule has 1 N–H and O–H groups in total. The average Bonchev–Trinajstić information content (AvgIpc) is 2.69. The zero-order valence-corrected chi connectivity index (χ0v) is 19.4. The molecule has 3 rings (SSSR count). The number of ether oxygens (including phenoxy) is 1. The maximum Gasteiger partial charge on any atom is 0.0900 e. The van der Waals surface area contributed by atoms with Crippen molar-refractivity contribution in [2.75, 3.05) is 44.2 Å². The second kappa shape index (κ2) is 10.5. The van der Waals surface area contributed by atoms with Crippen molar-refractivity contribution < 1.29 is 9.84 Å². The van der Waals surface area contributed by atoms with Crippen LogP contribution in [0.1, 0.15) is 45.6 Å². The Kier molecular flexibility index (Phi) is 8.26. The van der Waals surface area contributed by atoms with Crippen molar-refractivity contribution in [3.8, 4) is 0 Å². The number of piperazine rings is 1. The second-order valence-corrected chi connectivity index (χ2v) is 10.0. The van der Waals surface area contributed by atoms with E-state index >= 15 is 0 Å². The summed E-state index contributed by atoms with van der Waals surface area (Å²) in [5.41, 5.74) is 2.49. The maximum absolute atomic E-state index is 10.6. The highest BCUT2D eigenvalue weighted by atomic mass is 35.5. The van der Waals surface area contributed by atoms with E-state index in [0.717, 1.165) is 43.5 Å². The number of nitrogens with zero attached hydrogens (tertiary/aromatic N) is 2. The highest BCUT2D eigenvalue weighted by Gasteiger charge is 2.32. The number of aliphatic hydroxyl groups is 1. The molecule has 1 aliphatic carbocycles. The molecule has 29 heavy (non-hydrogen) atoms. The molecule has 2 fully saturated rings. The van der Waals surface area contributed by atoms with Crippen molar-refractivity contribution in [2.45, 2.75) is 59.2 Å². The van der Waals surface area contributed by atoms with Crippen LogP contribution in [0.15, 0.2) is 18.2 Å². The van der Waals surface area contributed by atoms with E-state index in [1.54, 1.807) is 0 Å². The van der Waals surface area contributed by atoms with Crippen molar-refractivity contribution in [1.82, 2.24) is 4.90 Å². The number of aliphatic hydroxyl groups excluding tert-OH is 1. The van der Waals surface area contributed by atoms with E-state index in [1.165, 1.54) is 24.1 Å². The van der Waals surface area contributed by atoms with E-state index in [2.05, 4.69) is 49.6 Å². The number of halogens is 1. The Bertz CT molecular complexity index is 646. The molecule has 5 heteroatoms. The minimum atomic E-state index is -0.417. The van der Waals surface area contributed by atoms with Gasteiger partial charge in [0.25, 0.3) is 0 Å². The van der Waals surface area contributed by atoms with Crippen LogP contribution < -0.4 is 4.90 Å². The van der Waals surface area contributed by atoms with Crippen molar-refractivity contribution in [1.29, 1.82) is 0 Å². The predicted octanol–water partition coefficient (Wildman–Crippen LogP) is 4.61. The fraction of sp³-hybridized carbons (Fsp3) is 0.750. The molecule has 0 aromatic heterocycles. The first-order valence-electron chi connectivity index (χ1n) is 11.4. The van der Waals surface area contributed by atoms with E-state index < -0.39 is 6.10 Å². The van der Waals surface area contributed by atoms with Crippen LogP contribution in [0.5, 0.6) is 0 Å². The summed E-state index contributed by atoms with van der Waals surface area (Å²) in [7, 11) is 0. The fourth-order valence-electron chi connectivity index (χ4n) is 4.99. The number of aryl methyl sites for hydroxylation is 1. The Balaban J connectivity index is 1.43. The molecule has 164 valence electrons. The Labute approximate surface area is 182 Å². The van der Waals surface area contributed by atoms with Gasteiger partial charge in [0.1, 0.15) is 0 Å². The zero-order valence-electron chi connectivity index (χ0n) is 18.6. The van der Waals surface area contributed by atoms with E-state index in [1.807, 2.05) is 6.07 Å². The van der Waals surface area contributed by atoms with Gasteiger partial charge in [0.15, 0.2) is 0 Å². The SMILES string of the molecule is Cc1ccc(Cl)cc1N1CCN(C[C@H](O)CO[C@@H]2C[C@@H](C)CC[C@H]2C(C)C)CC1. The van der Waals surface area contributed by atoms with Crippen LogP contribution in [0.25, 0.3) is 0 Å². The van der Waals surface area contributed by atoms with Gasteiger partial charge >= 0.3 is 0 Å². The van der Waals surface area contributed by atoms with Gasteiger partial charge in [-0.05, 0) is 55.2 Å². The van der Waals surface area contributed by atoms with E-state index in [0.29, 0.717) is 31.1 Å². The summed E-state index contributed by atoms with van der Waals surface area (Å²) in [6.45, 7) is 14.0. The molecule has 1 saturated heterocycles. The molecule has 0 radical (unpaired) electrons. The molecule has 1 aromatic rings. The summed E-state index contributed by atoms with van der Waals surface area (Å²) in [5, 5.41) is 11.4. The lowest BCUT2D eigenvalue weighted by Gasteiger charge is -2.39. The topological polar surface area (TPSA) is 35.9 Å². The first-order valence-corrected chi connectivity index (χ1v) is 11.7. The van der Waals surface area contributed by atoms with E-state index in [9.17, 15) is 5.11 Å². The van der Waals surface area contributed by atoms with Crippen molar-refractivity contribution in [3.63, 3.8) is 0 Å². The van der Waals surface area contributed by atoms with Gasteiger partial charge in [-0.15, -0.1) is 0 Å². The normalized spacial score (nSPS) is 27.4. The molecule has 0 bridgehead atoms. The first-order chi connectivity index (χ1) is 13.8. The molecule has 4 atom stereocenters. The lowest BCUT2D eigenvalue weighted by atomic mass is 9.75. The highest BCUT2D eigenvalue weighted by molar-refractivity contribution is 6.30. The Morgan fingerprint density at radius 3 is 2.59 bits per heavy atom. The highest BCUT2D eigenvalue weighted by Crippen LogP contribution is 2.35. The van der Waals surface area contributed by atoms with Crippen LogP contribution in [-0.2, 0) is 4.74 Å². The fourth-order valence-corrected chi connectivity index (χ4v) is 5.15. The average molecular weight is 423 g/mol. The lowest BCUT2D eigenvalue weighted by molar-refractivity contribution is -0.0740. The van der Waals surface area contributed by atoms with Crippen LogP contribution >= 0.6 is 11.6 Å². The molecule has 0 amide bonds. The molecular weight excluding hydrogens is 384 g/mol. The summed E-state index contributed by atoms with van der Waals surface area (Å²) in [5.74, 6) is 2.01. The molecule has 0 spiro atoms. The Morgan fingerprint density at radius 1 is 1.17 bits per heavy atom. The first kappa shape index (κ1) is 22.9. The third kappa shape index (κ3) is 6.33. The molecule has 2 aliphatic rings. The van der Waals surface area contributed by atoms with Gasteiger partial charge < -0.3 is 14.7 Å². The molecule has 1 saturated carbocycles. The molecule has 4 nitrogen and oxygen atoms in total. The molecule has 1 aromatic carbocycles. The summed E-state index contributed by atoms with van der Waals surface area (Å²) >= 11 is 6.19. The van der Waals surface area contributed by atoms with E-state index in [4.69, 9.17) is 16.3 Å². The minimum absolute atomic E-state index is 0.302. The van der Waals surface area contributed by atoms with Crippen LogP contribution in [0, 0.1) is 24.7 Å². The standard InChI is InChI=1S/C24H39ClN2O2/c1-17(2)22-8-5-18(3)13-24(22)29-16-21(28)15-26-9-11-27(12-10-26)23-14-20(25)7-6-19(23)4/h6-7,14,17-18,21-22,24,28H,5,8-13,15-16H2,1-4H3/t18-,21-,22-,24+/m0/s1. The van der Waals surface area contributed by atoms with Gasteiger partial charge in [-0.1, -0.05) is 44.9 Å². The molecule has 1 heterocycles. The Hall–Kier alpha value is -0.810. The minimum Gasteiger partial charge on any atom is -0.389 e. The summed E-state index contributed by atoms with van der Waals surface area (Å²) < 4.78 is 6.25. The smallest absolute Gasteiger partial charge is 0.0900 e. The van der Waals surface area contributed by atoms with Gasteiger partial charge in [-0.25, -0.2) is 0 Å². The lowest BCUT2D eigenvalue weighted by Crippen LogP contribution is -2.49. The summed E-state index contributed by atoms with van der Waals surface area (Å²) in [6, 6.07) is 6.09. The van der Waals surface area contributed by atoms with Gasteiger partial charge in [0.2, 0.25) is 0 Å². The van der Waals surface area contributed by atoms with Gasteiger partial charge in [0.05, 0.1) is 18.8 Å². The largest absolute Gasteiger partial charge is 0.389 e. The maximum atomic E-state index is 10.6. The summed E-state index contributed by atoms with van der Waals surface area (Å²) in [4.78, 5) is 4.76.